The number of rotatable bonds is 4. The van der Waals surface area contributed by atoms with Crippen molar-refractivity contribution in [2.45, 2.75) is 6.92 Å². The Morgan fingerprint density at radius 2 is 1.82 bits per heavy atom. The van der Waals surface area contributed by atoms with Gasteiger partial charge in [0, 0.05) is 6.07 Å². The normalized spacial score (nSPS) is 10.8. The number of carbonyl (C=O) groups is 1. The van der Waals surface area contributed by atoms with E-state index >= 15 is 0 Å². The van der Waals surface area contributed by atoms with Crippen molar-refractivity contribution in [2.75, 3.05) is 0 Å². The number of aromatic hydroxyl groups is 1. The highest BCUT2D eigenvalue weighted by Gasteiger charge is 2.17. The lowest BCUT2D eigenvalue weighted by Crippen LogP contribution is -1.97. The topological polar surface area (TPSA) is 125 Å². The fourth-order valence-corrected chi connectivity index (χ4v) is 1.71. The molecule has 2 N–H and O–H groups in total. The first kappa shape index (κ1) is 15.1. The van der Waals surface area contributed by atoms with Gasteiger partial charge >= 0.3 is 5.97 Å². The summed E-state index contributed by atoms with van der Waals surface area (Å²) in [5, 5.41) is 37.0. The predicted molar refractivity (Wildman–Crippen MR) is 77.1 cm³/mol. The molecule has 0 amide bonds. The minimum Gasteiger partial charge on any atom is -0.506 e. The number of nitro groups is 1. The minimum absolute atomic E-state index is 0.101. The van der Waals surface area contributed by atoms with Crippen LogP contribution in [0.4, 0.5) is 17.1 Å². The molecule has 2 rings (SSSR count). The number of nitro benzene ring substituents is 1. The number of carboxylic acid groups (broad SMARTS) is 1. The first-order valence-electron chi connectivity index (χ1n) is 6.11. The van der Waals surface area contributed by atoms with Crippen LogP contribution in [0.3, 0.4) is 0 Å². The van der Waals surface area contributed by atoms with Crippen molar-refractivity contribution in [3.05, 3.63) is 57.6 Å². The number of hydrogen-bond acceptors (Lipinski definition) is 6. The lowest BCUT2D eigenvalue weighted by molar-refractivity contribution is -0.384. The zero-order chi connectivity index (χ0) is 16.3. The molecule has 0 aromatic heterocycles. The van der Waals surface area contributed by atoms with Crippen molar-refractivity contribution in [3.8, 4) is 5.75 Å². The van der Waals surface area contributed by atoms with Gasteiger partial charge in [-0.15, -0.1) is 10.2 Å². The number of phenolic OH excluding ortho intramolecular Hbond substituents is 1. The van der Waals surface area contributed by atoms with Crippen LogP contribution in [0, 0.1) is 17.0 Å². The van der Waals surface area contributed by atoms with E-state index in [4.69, 9.17) is 5.11 Å². The van der Waals surface area contributed by atoms with E-state index in [1.54, 1.807) is 19.1 Å². The molecular weight excluding hydrogens is 290 g/mol. The van der Waals surface area contributed by atoms with Gasteiger partial charge in [0.2, 0.25) is 0 Å². The van der Waals surface area contributed by atoms with Crippen LogP contribution in [0.5, 0.6) is 5.75 Å². The predicted octanol–water partition coefficient (Wildman–Crippen LogP) is 3.72. The van der Waals surface area contributed by atoms with E-state index in [1.807, 2.05) is 0 Å². The number of azo groups is 1. The highest BCUT2D eigenvalue weighted by atomic mass is 16.6. The first-order valence-corrected chi connectivity index (χ1v) is 6.11. The molecule has 0 atom stereocenters. The van der Waals surface area contributed by atoms with E-state index in [0.717, 1.165) is 11.6 Å². The van der Waals surface area contributed by atoms with Crippen LogP contribution in [0.2, 0.25) is 0 Å². The number of nitrogens with zero attached hydrogens (tertiary/aromatic N) is 3. The molecule has 0 radical (unpaired) electrons. The van der Waals surface area contributed by atoms with Crippen molar-refractivity contribution in [2.24, 2.45) is 10.2 Å². The zero-order valence-electron chi connectivity index (χ0n) is 11.4. The molecule has 2 aromatic rings. The summed E-state index contributed by atoms with van der Waals surface area (Å²) in [7, 11) is 0. The van der Waals surface area contributed by atoms with Crippen molar-refractivity contribution < 1.29 is 19.9 Å². The molecule has 0 aliphatic carbocycles. The molecule has 0 heterocycles. The van der Waals surface area contributed by atoms with E-state index in [9.17, 15) is 20.0 Å². The second-order valence-electron chi connectivity index (χ2n) is 4.46. The maximum absolute atomic E-state index is 11.0. The Morgan fingerprint density at radius 3 is 2.45 bits per heavy atom. The number of hydrogen-bond donors (Lipinski definition) is 2. The molecular formula is C14H11N3O5. The maximum atomic E-state index is 11.0. The molecule has 8 nitrogen and oxygen atoms in total. The van der Waals surface area contributed by atoms with Gasteiger partial charge in [-0.2, -0.15) is 0 Å². The monoisotopic (exact) mass is 301 g/mol. The molecule has 8 heteroatoms. The van der Waals surface area contributed by atoms with Gasteiger partial charge in [-0.25, -0.2) is 4.79 Å². The van der Waals surface area contributed by atoms with E-state index in [1.165, 1.54) is 18.2 Å². The maximum Gasteiger partial charge on any atom is 0.335 e. The van der Waals surface area contributed by atoms with Gasteiger partial charge in [0.25, 0.3) is 5.69 Å². The molecule has 112 valence electrons. The Morgan fingerprint density at radius 1 is 1.14 bits per heavy atom. The summed E-state index contributed by atoms with van der Waals surface area (Å²) in [6.45, 7) is 1.79. The average Bonchev–Trinajstić information content (AvgIpc) is 2.47. The van der Waals surface area contributed by atoms with Crippen molar-refractivity contribution in [1.82, 2.24) is 0 Å². The highest BCUT2D eigenvalue weighted by molar-refractivity contribution is 5.89. The Hall–Kier alpha value is -3.29. The molecule has 0 fully saturated rings. The quantitative estimate of drug-likeness (QED) is 0.505. The molecule has 0 aliphatic rings. The summed E-state index contributed by atoms with van der Waals surface area (Å²) in [6, 6.07) is 7.98. The molecule has 0 spiro atoms. The van der Waals surface area contributed by atoms with E-state index < -0.39 is 16.6 Å². The second kappa shape index (κ2) is 6.00. The van der Waals surface area contributed by atoms with Gasteiger partial charge in [0.05, 0.1) is 10.5 Å². The standard InChI is InChI=1S/C14H11N3O5/c1-8-2-5-13(18)11(6-8)16-15-10-4-3-9(14(19)20)7-12(10)17(21)22/h2-7,18H,1H3,(H,19,20)/b16-15+. The first-order chi connectivity index (χ1) is 10.4. The number of phenols is 1. The summed E-state index contributed by atoms with van der Waals surface area (Å²) in [5.41, 5.74) is 0.204. The molecule has 0 unspecified atom stereocenters. The van der Waals surface area contributed by atoms with Gasteiger partial charge in [0.1, 0.15) is 11.4 Å². The zero-order valence-corrected chi connectivity index (χ0v) is 11.4. The summed E-state index contributed by atoms with van der Waals surface area (Å²) in [6.07, 6.45) is 0. The number of aryl methyl sites for hydroxylation is 1. The third-order valence-corrected chi connectivity index (χ3v) is 2.82. The largest absolute Gasteiger partial charge is 0.506 e. The van der Waals surface area contributed by atoms with Crippen LogP contribution < -0.4 is 0 Å². The second-order valence-corrected chi connectivity index (χ2v) is 4.46. The SMILES string of the molecule is Cc1ccc(O)c(/N=N/c2ccc(C(=O)O)cc2[N+](=O)[O-])c1. The van der Waals surface area contributed by atoms with Gasteiger partial charge in [-0.3, -0.25) is 10.1 Å². The van der Waals surface area contributed by atoms with E-state index in [0.29, 0.717) is 0 Å². The lowest BCUT2D eigenvalue weighted by atomic mass is 10.2. The molecule has 22 heavy (non-hydrogen) atoms. The lowest BCUT2D eigenvalue weighted by Gasteiger charge is -2.00. The third kappa shape index (κ3) is 3.23. The Labute approximate surface area is 124 Å². The fraction of sp³-hybridized carbons (Fsp3) is 0.0714. The Bertz CT molecular complexity index is 786. The van der Waals surface area contributed by atoms with Crippen molar-refractivity contribution >= 4 is 23.0 Å². The van der Waals surface area contributed by atoms with Crippen molar-refractivity contribution in [1.29, 1.82) is 0 Å². The van der Waals surface area contributed by atoms with Crippen LogP contribution >= 0.6 is 0 Å². The molecule has 0 aliphatic heterocycles. The van der Waals surface area contributed by atoms with Crippen molar-refractivity contribution in [3.63, 3.8) is 0 Å². The fourth-order valence-electron chi connectivity index (χ4n) is 1.71. The van der Waals surface area contributed by atoms with Crippen LogP contribution in [0.25, 0.3) is 0 Å². The van der Waals surface area contributed by atoms with E-state index in [-0.39, 0.29) is 22.7 Å². The van der Waals surface area contributed by atoms with Crippen LogP contribution in [-0.4, -0.2) is 21.1 Å². The molecule has 0 saturated heterocycles. The Kier molecular flexibility index (Phi) is 4.12. The smallest absolute Gasteiger partial charge is 0.335 e. The van der Waals surface area contributed by atoms with Gasteiger partial charge in [-0.05, 0) is 36.8 Å². The summed E-state index contributed by atoms with van der Waals surface area (Å²) < 4.78 is 0. The van der Waals surface area contributed by atoms with Crippen LogP contribution in [-0.2, 0) is 0 Å². The van der Waals surface area contributed by atoms with Gasteiger partial charge in [-0.1, -0.05) is 6.07 Å². The average molecular weight is 301 g/mol. The number of aromatic carboxylic acids is 1. The van der Waals surface area contributed by atoms with E-state index in [2.05, 4.69) is 10.2 Å². The number of carboxylic acids is 1. The summed E-state index contributed by atoms with van der Waals surface area (Å²) in [4.78, 5) is 21.1. The molecule has 0 saturated carbocycles. The number of benzene rings is 2. The van der Waals surface area contributed by atoms with Crippen LogP contribution in [0.1, 0.15) is 15.9 Å². The van der Waals surface area contributed by atoms with Gasteiger partial charge in [0.15, 0.2) is 5.69 Å². The summed E-state index contributed by atoms with van der Waals surface area (Å²) in [5.74, 6) is -1.39. The molecule has 2 aromatic carbocycles. The highest BCUT2D eigenvalue weighted by Crippen LogP contribution is 2.33. The van der Waals surface area contributed by atoms with Gasteiger partial charge < -0.3 is 10.2 Å². The third-order valence-electron chi connectivity index (χ3n) is 2.82. The van der Waals surface area contributed by atoms with Crippen LogP contribution in [0.15, 0.2) is 46.6 Å². The minimum atomic E-state index is -1.28. The molecule has 0 bridgehead atoms. The summed E-state index contributed by atoms with van der Waals surface area (Å²) >= 11 is 0. The Balaban J connectivity index is 2.44.